The highest BCUT2D eigenvalue weighted by Crippen LogP contribution is 2.38. The SMILES string of the molecule is c1ccc(-c2cc(NCc3cncn3Cc3ccc(-c4ccco4)cc3)ccc2-c2nc3ccccc3s2)cc1. The number of hydrogen-bond donors (Lipinski definition) is 1. The predicted molar refractivity (Wildman–Crippen MR) is 163 cm³/mol. The molecule has 0 unspecified atom stereocenters. The van der Waals surface area contributed by atoms with Crippen LogP contribution in [0, 0.1) is 0 Å². The van der Waals surface area contributed by atoms with Crippen molar-refractivity contribution in [3.8, 4) is 33.0 Å². The van der Waals surface area contributed by atoms with E-state index < -0.39 is 0 Å². The number of nitrogens with zero attached hydrogens (tertiary/aromatic N) is 3. The Morgan fingerprint density at radius 2 is 1.62 bits per heavy atom. The van der Waals surface area contributed by atoms with Crippen LogP contribution in [-0.2, 0) is 13.1 Å². The third-order valence-electron chi connectivity index (χ3n) is 7.01. The van der Waals surface area contributed by atoms with Crippen molar-refractivity contribution in [2.24, 2.45) is 0 Å². The lowest BCUT2D eigenvalue weighted by atomic mass is 9.99. The maximum absolute atomic E-state index is 5.51. The van der Waals surface area contributed by atoms with Crippen LogP contribution in [0.5, 0.6) is 0 Å². The first kappa shape index (κ1) is 24.1. The summed E-state index contributed by atoms with van der Waals surface area (Å²) in [5, 5.41) is 4.66. The topological polar surface area (TPSA) is 55.9 Å². The summed E-state index contributed by atoms with van der Waals surface area (Å²) < 4.78 is 8.89. The molecule has 40 heavy (non-hydrogen) atoms. The Morgan fingerprint density at radius 3 is 2.45 bits per heavy atom. The molecule has 4 aromatic carbocycles. The van der Waals surface area contributed by atoms with Crippen LogP contribution in [0.25, 0.3) is 43.2 Å². The zero-order valence-electron chi connectivity index (χ0n) is 21.7. The molecule has 0 saturated heterocycles. The van der Waals surface area contributed by atoms with E-state index >= 15 is 0 Å². The standard InChI is InChI=1S/C34H26N4OS/c1-2-7-25(8-3-1)30-19-27(16-17-29(30)34-37-31-9-4-5-11-33(31)40-34)36-21-28-20-35-23-38(28)22-24-12-14-26(15-13-24)32-10-6-18-39-32/h1-20,23,36H,21-22H2. The number of furan rings is 1. The van der Waals surface area contributed by atoms with Crippen LogP contribution in [0.2, 0.25) is 0 Å². The number of para-hydroxylation sites is 1. The molecular weight excluding hydrogens is 512 g/mol. The number of aromatic nitrogens is 3. The number of fused-ring (bicyclic) bond motifs is 1. The third-order valence-corrected chi connectivity index (χ3v) is 8.08. The molecule has 0 aliphatic rings. The van der Waals surface area contributed by atoms with Crippen molar-refractivity contribution in [3.05, 3.63) is 139 Å². The van der Waals surface area contributed by atoms with E-state index in [1.54, 1.807) is 17.6 Å². The van der Waals surface area contributed by atoms with Gasteiger partial charge in [0.15, 0.2) is 0 Å². The Labute approximate surface area is 236 Å². The largest absolute Gasteiger partial charge is 0.464 e. The Morgan fingerprint density at radius 1 is 0.775 bits per heavy atom. The van der Waals surface area contributed by atoms with Crippen molar-refractivity contribution in [3.63, 3.8) is 0 Å². The van der Waals surface area contributed by atoms with Gasteiger partial charge in [0.05, 0.1) is 35.0 Å². The Kier molecular flexibility index (Phi) is 6.44. The molecular formula is C34H26N4OS. The fourth-order valence-electron chi connectivity index (χ4n) is 4.93. The Hall–Kier alpha value is -4.94. The van der Waals surface area contributed by atoms with Gasteiger partial charge in [-0.25, -0.2) is 9.97 Å². The Balaban J connectivity index is 1.12. The first-order valence-corrected chi connectivity index (χ1v) is 14.0. The molecule has 7 aromatic rings. The number of benzene rings is 4. The minimum atomic E-state index is 0.666. The van der Waals surface area contributed by atoms with Gasteiger partial charge < -0.3 is 14.3 Å². The van der Waals surface area contributed by atoms with E-state index in [-0.39, 0.29) is 0 Å². The van der Waals surface area contributed by atoms with Crippen molar-refractivity contribution in [1.29, 1.82) is 0 Å². The van der Waals surface area contributed by atoms with Crippen LogP contribution in [-0.4, -0.2) is 14.5 Å². The first-order chi connectivity index (χ1) is 19.8. The van der Waals surface area contributed by atoms with Gasteiger partial charge in [0, 0.05) is 29.6 Å². The molecule has 0 atom stereocenters. The van der Waals surface area contributed by atoms with Crippen LogP contribution in [0.1, 0.15) is 11.3 Å². The third kappa shape index (κ3) is 4.93. The van der Waals surface area contributed by atoms with Crippen LogP contribution in [0.3, 0.4) is 0 Å². The summed E-state index contributed by atoms with van der Waals surface area (Å²) in [5.74, 6) is 0.878. The van der Waals surface area contributed by atoms with E-state index in [1.807, 2.05) is 30.7 Å². The molecule has 194 valence electrons. The molecule has 0 aliphatic heterocycles. The summed E-state index contributed by atoms with van der Waals surface area (Å²) >= 11 is 1.73. The highest BCUT2D eigenvalue weighted by molar-refractivity contribution is 7.21. The van der Waals surface area contributed by atoms with E-state index in [0.717, 1.165) is 50.9 Å². The highest BCUT2D eigenvalue weighted by Gasteiger charge is 2.14. The lowest BCUT2D eigenvalue weighted by molar-refractivity contribution is 0.582. The Bertz CT molecular complexity index is 1840. The highest BCUT2D eigenvalue weighted by atomic mass is 32.1. The molecule has 0 radical (unpaired) electrons. The molecule has 3 aromatic heterocycles. The molecule has 1 N–H and O–H groups in total. The van der Waals surface area contributed by atoms with Crippen LogP contribution >= 0.6 is 11.3 Å². The van der Waals surface area contributed by atoms with Gasteiger partial charge in [-0.1, -0.05) is 66.7 Å². The first-order valence-electron chi connectivity index (χ1n) is 13.2. The second-order valence-corrected chi connectivity index (χ2v) is 10.7. The van der Waals surface area contributed by atoms with Gasteiger partial charge >= 0.3 is 0 Å². The fourth-order valence-corrected chi connectivity index (χ4v) is 5.93. The average Bonchev–Trinajstić information content (AvgIpc) is 3.78. The van der Waals surface area contributed by atoms with Gasteiger partial charge in [-0.3, -0.25) is 0 Å². The number of anilines is 1. The summed E-state index contributed by atoms with van der Waals surface area (Å²) in [4.78, 5) is 9.37. The molecule has 7 rings (SSSR count). The second kappa shape index (κ2) is 10.7. The molecule has 6 heteroatoms. The zero-order valence-corrected chi connectivity index (χ0v) is 22.5. The van der Waals surface area contributed by atoms with Gasteiger partial charge in [0.25, 0.3) is 0 Å². The van der Waals surface area contributed by atoms with Gasteiger partial charge in [-0.15, -0.1) is 11.3 Å². The maximum atomic E-state index is 5.51. The minimum absolute atomic E-state index is 0.666. The number of nitrogens with one attached hydrogen (secondary N) is 1. The van der Waals surface area contributed by atoms with E-state index in [4.69, 9.17) is 9.40 Å². The number of rotatable bonds is 8. The van der Waals surface area contributed by atoms with Crippen molar-refractivity contribution < 1.29 is 4.42 Å². The minimum Gasteiger partial charge on any atom is -0.464 e. The van der Waals surface area contributed by atoms with E-state index in [1.165, 1.54) is 15.8 Å². The maximum Gasteiger partial charge on any atom is 0.133 e. The predicted octanol–water partition coefficient (Wildman–Crippen LogP) is 8.75. The molecule has 5 nitrogen and oxygen atoms in total. The number of thiazole rings is 1. The summed E-state index contributed by atoms with van der Waals surface area (Å²) in [6.07, 6.45) is 5.52. The molecule has 0 spiro atoms. The second-order valence-electron chi connectivity index (χ2n) is 9.65. The molecule has 0 fully saturated rings. The molecule has 0 aliphatic carbocycles. The summed E-state index contributed by atoms with van der Waals surface area (Å²) in [6.45, 7) is 1.42. The summed E-state index contributed by atoms with van der Waals surface area (Å²) in [7, 11) is 0. The average molecular weight is 539 g/mol. The quantitative estimate of drug-likeness (QED) is 0.210. The zero-order chi connectivity index (χ0) is 26.7. The smallest absolute Gasteiger partial charge is 0.133 e. The summed E-state index contributed by atoms with van der Waals surface area (Å²) in [6, 6.07) is 37.7. The lowest BCUT2D eigenvalue weighted by Crippen LogP contribution is -2.08. The van der Waals surface area contributed by atoms with Gasteiger partial charge in [-0.05, 0) is 59.2 Å². The fraction of sp³-hybridized carbons (Fsp3) is 0.0588. The summed E-state index contributed by atoms with van der Waals surface area (Å²) in [5.41, 5.74) is 8.96. The van der Waals surface area contributed by atoms with Crippen LogP contribution < -0.4 is 5.32 Å². The van der Waals surface area contributed by atoms with E-state index in [0.29, 0.717) is 6.54 Å². The normalized spacial score (nSPS) is 11.2. The van der Waals surface area contributed by atoms with Gasteiger partial charge in [0.1, 0.15) is 10.8 Å². The van der Waals surface area contributed by atoms with Crippen molar-refractivity contribution in [2.75, 3.05) is 5.32 Å². The van der Waals surface area contributed by atoms with Crippen molar-refractivity contribution in [1.82, 2.24) is 14.5 Å². The van der Waals surface area contributed by atoms with Gasteiger partial charge in [0.2, 0.25) is 0 Å². The van der Waals surface area contributed by atoms with Crippen molar-refractivity contribution in [2.45, 2.75) is 13.1 Å². The van der Waals surface area contributed by atoms with Gasteiger partial charge in [-0.2, -0.15) is 0 Å². The molecule has 3 heterocycles. The molecule has 0 bridgehead atoms. The van der Waals surface area contributed by atoms with E-state index in [2.05, 4.69) is 106 Å². The van der Waals surface area contributed by atoms with E-state index in [9.17, 15) is 0 Å². The lowest BCUT2D eigenvalue weighted by Gasteiger charge is -2.14. The molecule has 0 amide bonds. The monoisotopic (exact) mass is 538 g/mol. The van der Waals surface area contributed by atoms with Crippen LogP contribution in [0.4, 0.5) is 5.69 Å². The number of imidazole rings is 1. The molecule has 0 saturated carbocycles. The number of hydrogen-bond acceptors (Lipinski definition) is 5. The van der Waals surface area contributed by atoms with Crippen LogP contribution in [0.15, 0.2) is 132 Å². The van der Waals surface area contributed by atoms with Crippen molar-refractivity contribution >= 4 is 27.2 Å².